The van der Waals surface area contributed by atoms with Crippen LogP contribution in [0.4, 0.5) is 5.69 Å². The number of fused-ring (bicyclic) bond motifs is 1. The Balaban J connectivity index is 0.00000147. The van der Waals surface area contributed by atoms with E-state index in [1.54, 1.807) is 0 Å². The van der Waals surface area contributed by atoms with E-state index in [2.05, 4.69) is 10.0 Å². The van der Waals surface area contributed by atoms with Crippen LogP contribution in [0, 0.1) is 22.0 Å². The van der Waals surface area contributed by atoms with Crippen LogP contribution in [0.15, 0.2) is 29.2 Å². The summed E-state index contributed by atoms with van der Waals surface area (Å²) >= 11 is 0. The van der Waals surface area contributed by atoms with Gasteiger partial charge in [-0.05, 0) is 31.0 Å². The molecule has 1 aliphatic heterocycles. The number of nitro benzene ring substituents is 1. The highest BCUT2D eigenvalue weighted by Crippen LogP contribution is 2.42. The molecule has 1 aliphatic carbocycles. The summed E-state index contributed by atoms with van der Waals surface area (Å²) in [7, 11) is -3.83. The quantitative estimate of drug-likeness (QED) is 0.622. The molecule has 7 nitrogen and oxygen atoms in total. The first-order valence-electron chi connectivity index (χ1n) is 5.97. The lowest BCUT2D eigenvalue weighted by Gasteiger charge is -2.09. The summed E-state index contributed by atoms with van der Waals surface area (Å²) in [6, 6.07) is 5.30. The topological polar surface area (TPSA) is 101 Å². The molecule has 3 rings (SSSR count). The third kappa shape index (κ3) is 2.51. The van der Waals surface area contributed by atoms with Crippen LogP contribution in [0.25, 0.3) is 0 Å². The summed E-state index contributed by atoms with van der Waals surface area (Å²) in [5.41, 5.74) is -0.390. The minimum Gasteiger partial charge on any atom is -0.316 e. The van der Waals surface area contributed by atoms with Gasteiger partial charge in [0, 0.05) is 12.1 Å². The molecule has 20 heavy (non-hydrogen) atoms. The summed E-state index contributed by atoms with van der Waals surface area (Å²) < 4.78 is 27.0. The van der Waals surface area contributed by atoms with Crippen molar-refractivity contribution in [3.8, 4) is 0 Å². The largest absolute Gasteiger partial charge is 0.316 e. The van der Waals surface area contributed by atoms with Gasteiger partial charge in [0.05, 0.1) is 4.92 Å². The van der Waals surface area contributed by atoms with E-state index >= 15 is 0 Å². The smallest absolute Gasteiger partial charge is 0.289 e. The third-order valence-corrected chi connectivity index (χ3v) is 5.24. The average molecular weight is 320 g/mol. The fourth-order valence-corrected chi connectivity index (χ4v) is 4.18. The van der Waals surface area contributed by atoms with Crippen molar-refractivity contribution >= 4 is 28.1 Å². The van der Waals surface area contributed by atoms with Gasteiger partial charge in [0.25, 0.3) is 5.69 Å². The van der Waals surface area contributed by atoms with Crippen LogP contribution in [0.1, 0.15) is 0 Å². The number of rotatable bonds is 4. The molecule has 1 aromatic rings. The number of nitrogens with zero attached hydrogens (tertiary/aromatic N) is 1. The molecule has 1 saturated carbocycles. The predicted molar refractivity (Wildman–Crippen MR) is 74.3 cm³/mol. The summed E-state index contributed by atoms with van der Waals surface area (Å²) in [5.74, 6) is 0.634. The van der Waals surface area contributed by atoms with Gasteiger partial charge in [0.15, 0.2) is 4.90 Å². The Labute approximate surface area is 122 Å². The van der Waals surface area contributed by atoms with Gasteiger partial charge in [0.2, 0.25) is 10.0 Å². The molecule has 0 amide bonds. The molecule has 2 N–H and O–H groups in total. The second-order valence-corrected chi connectivity index (χ2v) is 6.54. The van der Waals surface area contributed by atoms with Gasteiger partial charge < -0.3 is 5.32 Å². The van der Waals surface area contributed by atoms with Crippen molar-refractivity contribution in [3.63, 3.8) is 0 Å². The molecule has 0 spiro atoms. The van der Waals surface area contributed by atoms with Crippen molar-refractivity contribution < 1.29 is 13.3 Å². The predicted octanol–water partition coefficient (Wildman–Crippen LogP) is 0.513. The van der Waals surface area contributed by atoms with Crippen LogP contribution in [0.2, 0.25) is 0 Å². The van der Waals surface area contributed by atoms with E-state index in [0.29, 0.717) is 11.8 Å². The van der Waals surface area contributed by atoms with E-state index in [9.17, 15) is 18.5 Å². The number of para-hydroxylation sites is 1. The van der Waals surface area contributed by atoms with Gasteiger partial charge in [-0.1, -0.05) is 12.1 Å². The normalized spacial score (nSPS) is 27.5. The Morgan fingerprint density at radius 2 is 1.85 bits per heavy atom. The number of nitrogens with one attached hydrogen (secondary N) is 2. The molecule has 0 radical (unpaired) electrons. The molecule has 2 fully saturated rings. The van der Waals surface area contributed by atoms with Crippen molar-refractivity contribution in [1.82, 2.24) is 10.0 Å². The molecule has 2 aliphatic rings. The molecule has 1 saturated heterocycles. The Morgan fingerprint density at radius 3 is 2.45 bits per heavy atom. The van der Waals surface area contributed by atoms with Crippen molar-refractivity contribution in [2.24, 2.45) is 11.8 Å². The summed E-state index contributed by atoms with van der Waals surface area (Å²) in [6.45, 7) is 1.60. The van der Waals surface area contributed by atoms with Crippen molar-refractivity contribution in [2.75, 3.05) is 13.1 Å². The van der Waals surface area contributed by atoms with Gasteiger partial charge in [0.1, 0.15) is 0 Å². The number of benzene rings is 1. The Morgan fingerprint density at radius 1 is 1.25 bits per heavy atom. The van der Waals surface area contributed by atoms with Crippen LogP contribution in [0.5, 0.6) is 0 Å². The highest BCUT2D eigenvalue weighted by atomic mass is 35.5. The van der Waals surface area contributed by atoms with Crippen LogP contribution in [0.3, 0.4) is 0 Å². The third-order valence-electron chi connectivity index (χ3n) is 3.73. The van der Waals surface area contributed by atoms with E-state index in [0.717, 1.165) is 13.1 Å². The highest BCUT2D eigenvalue weighted by Gasteiger charge is 2.54. The van der Waals surface area contributed by atoms with Gasteiger partial charge in [-0.15, -0.1) is 12.4 Å². The molecule has 0 bridgehead atoms. The molecule has 0 aromatic heterocycles. The van der Waals surface area contributed by atoms with Crippen molar-refractivity contribution in [1.29, 1.82) is 0 Å². The SMILES string of the molecule is Cl.O=[N+]([O-])c1ccccc1S(=O)(=O)NC1C2CNCC21. The number of hydrogen-bond acceptors (Lipinski definition) is 5. The number of hydrogen-bond donors (Lipinski definition) is 2. The summed E-state index contributed by atoms with van der Waals surface area (Å²) in [4.78, 5) is 9.93. The first kappa shape index (κ1) is 15.2. The number of halogens is 1. The zero-order chi connectivity index (χ0) is 13.6. The Bertz CT molecular complexity index is 626. The molecular weight excluding hydrogens is 306 g/mol. The number of nitro groups is 1. The highest BCUT2D eigenvalue weighted by molar-refractivity contribution is 7.89. The lowest BCUT2D eigenvalue weighted by Crippen LogP contribution is -2.32. The van der Waals surface area contributed by atoms with Crippen LogP contribution in [-0.2, 0) is 10.0 Å². The fraction of sp³-hybridized carbons (Fsp3) is 0.455. The van der Waals surface area contributed by atoms with E-state index in [1.165, 1.54) is 24.3 Å². The molecule has 9 heteroatoms. The second kappa shape index (κ2) is 5.28. The van der Waals surface area contributed by atoms with Crippen LogP contribution in [-0.4, -0.2) is 32.5 Å². The minimum atomic E-state index is -3.83. The van der Waals surface area contributed by atoms with Crippen LogP contribution < -0.4 is 10.0 Å². The Kier molecular flexibility index (Phi) is 4.01. The lowest BCUT2D eigenvalue weighted by atomic mass is 10.3. The standard InChI is InChI=1S/C11H13N3O4S.ClH/c15-14(16)9-3-1-2-4-10(9)19(17,18)13-11-7-5-12-6-8(7)11;/h1-4,7-8,11-13H,5-6H2;1H. The van der Waals surface area contributed by atoms with E-state index in [1.807, 2.05) is 0 Å². The van der Waals surface area contributed by atoms with Gasteiger partial charge >= 0.3 is 0 Å². The zero-order valence-electron chi connectivity index (χ0n) is 10.4. The van der Waals surface area contributed by atoms with Crippen molar-refractivity contribution in [2.45, 2.75) is 10.9 Å². The monoisotopic (exact) mass is 319 g/mol. The van der Waals surface area contributed by atoms with E-state index in [4.69, 9.17) is 0 Å². The van der Waals surface area contributed by atoms with Gasteiger partial charge in [-0.2, -0.15) is 0 Å². The maximum atomic E-state index is 12.2. The van der Waals surface area contributed by atoms with Gasteiger partial charge in [-0.25, -0.2) is 13.1 Å². The van der Waals surface area contributed by atoms with Crippen molar-refractivity contribution in [3.05, 3.63) is 34.4 Å². The summed E-state index contributed by atoms with van der Waals surface area (Å²) in [6.07, 6.45) is 0. The van der Waals surface area contributed by atoms with Crippen LogP contribution >= 0.6 is 12.4 Å². The maximum Gasteiger partial charge on any atom is 0.289 e. The first-order chi connectivity index (χ1) is 9.00. The maximum absolute atomic E-state index is 12.2. The Hall–Kier alpha value is -1.22. The molecule has 2 unspecified atom stereocenters. The first-order valence-corrected chi connectivity index (χ1v) is 7.45. The average Bonchev–Trinajstić information content (AvgIpc) is 2.82. The second-order valence-electron chi connectivity index (χ2n) is 4.86. The zero-order valence-corrected chi connectivity index (χ0v) is 12.0. The molecule has 1 heterocycles. The molecule has 2 atom stereocenters. The van der Waals surface area contributed by atoms with E-state index in [-0.39, 0.29) is 29.0 Å². The fourth-order valence-electron chi connectivity index (χ4n) is 2.67. The minimum absolute atomic E-state index is 0. The molecule has 110 valence electrons. The lowest BCUT2D eigenvalue weighted by molar-refractivity contribution is -0.387. The van der Waals surface area contributed by atoms with E-state index < -0.39 is 14.9 Å². The van der Waals surface area contributed by atoms with Gasteiger partial charge in [-0.3, -0.25) is 10.1 Å². The molecule has 1 aromatic carbocycles. The number of piperidine rings is 1. The summed E-state index contributed by atoms with van der Waals surface area (Å²) in [5, 5.41) is 14.0. The molecular formula is C11H14ClN3O4S. The number of sulfonamides is 1.